The fourth-order valence-corrected chi connectivity index (χ4v) is 7.51. The molecule has 3 aromatic rings. The molecule has 3 saturated heterocycles. The summed E-state index contributed by atoms with van der Waals surface area (Å²) in [5.41, 5.74) is 4.56. The second-order valence-corrected chi connectivity index (χ2v) is 14.2. The Balaban J connectivity index is 0.000000181. The molecule has 10 nitrogen and oxygen atoms in total. The molecule has 3 aliphatic heterocycles. The first kappa shape index (κ1) is 42.7. The Bertz CT molecular complexity index is 1780. The van der Waals surface area contributed by atoms with E-state index in [9.17, 15) is 0 Å². The molecule has 0 amide bonds. The minimum atomic E-state index is 0.543. The molecule has 0 bridgehead atoms. The fourth-order valence-electron chi connectivity index (χ4n) is 6.64. The van der Waals surface area contributed by atoms with Crippen LogP contribution in [0.1, 0.15) is 23.6 Å². The van der Waals surface area contributed by atoms with Gasteiger partial charge in [0.15, 0.2) is 0 Å². The van der Waals surface area contributed by atoms with Gasteiger partial charge in [0.1, 0.15) is 18.2 Å². The summed E-state index contributed by atoms with van der Waals surface area (Å²) >= 11 is 18.7. The van der Waals surface area contributed by atoms with E-state index in [0.717, 1.165) is 122 Å². The van der Waals surface area contributed by atoms with Gasteiger partial charge in [-0.3, -0.25) is 9.80 Å². The van der Waals surface area contributed by atoms with Crippen LogP contribution in [0.2, 0.25) is 15.1 Å². The maximum absolute atomic E-state index is 9.01. The van der Waals surface area contributed by atoms with Gasteiger partial charge >= 0.3 is 0 Å². The molecule has 54 heavy (non-hydrogen) atoms. The third kappa shape index (κ3) is 11.7. The first-order chi connectivity index (χ1) is 26.3. The van der Waals surface area contributed by atoms with Gasteiger partial charge < -0.3 is 24.3 Å². The highest BCUT2D eigenvalue weighted by Crippen LogP contribution is 2.31. The van der Waals surface area contributed by atoms with Gasteiger partial charge in [0, 0.05) is 98.7 Å². The number of halogens is 3. The number of ether oxygens (including phenoxy) is 1. The molecule has 0 spiro atoms. The molecule has 0 atom stereocenters. The van der Waals surface area contributed by atoms with E-state index in [2.05, 4.69) is 61.1 Å². The second kappa shape index (κ2) is 22.4. The van der Waals surface area contributed by atoms with Crippen LogP contribution in [-0.2, 0) is 4.74 Å². The Kier molecular flexibility index (Phi) is 17.7. The molecule has 3 aromatic carbocycles. The topological polar surface area (TPSA) is 100 Å². The summed E-state index contributed by atoms with van der Waals surface area (Å²) in [7, 11) is 1.73. The summed E-state index contributed by atoms with van der Waals surface area (Å²) in [6.07, 6.45) is 1.93. The Hall–Kier alpha value is -4.02. The SMILES string of the molecule is C=CCN1CCN(c2cccc(C#N)c2Cl)CC1.CCN1CCN(c2cccc(C#N)c2Cl)CC1.COCCN1CCN(c2cccc(C#N)c2Cl)CC1. The lowest BCUT2D eigenvalue weighted by molar-refractivity contribution is 0.144. The molecule has 286 valence electrons. The largest absolute Gasteiger partial charge is 0.383 e. The van der Waals surface area contributed by atoms with E-state index in [-0.39, 0.29) is 0 Å². The van der Waals surface area contributed by atoms with Crippen molar-refractivity contribution >= 4 is 51.9 Å². The van der Waals surface area contributed by atoms with E-state index >= 15 is 0 Å². The maximum atomic E-state index is 9.01. The monoisotopic (exact) mass is 789 g/mol. The van der Waals surface area contributed by atoms with Gasteiger partial charge in [0.2, 0.25) is 0 Å². The molecule has 0 saturated carbocycles. The highest BCUT2D eigenvalue weighted by molar-refractivity contribution is 6.35. The van der Waals surface area contributed by atoms with Crippen LogP contribution in [0.15, 0.2) is 67.3 Å². The predicted molar refractivity (Wildman–Crippen MR) is 222 cm³/mol. The molecule has 3 heterocycles. The van der Waals surface area contributed by atoms with E-state index in [1.165, 1.54) is 0 Å². The van der Waals surface area contributed by atoms with Crippen LogP contribution < -0.4 is 14.7 Å². The molecule has 6 rings (SSSR count). The Morgan fingerprint density at radius 1 is 0.593 bits per heavy atom. The van der Waals surface area contributed by atoms with Crippen molar-refractivity contribution < 1.29 is 4.74 Å². The lowest BCUT2D eigenvalue weighted by Gasteiger charge is -2.36. The van der Waals surface area contributed by atoms with Gasteiger partial charge in [-0.05, 0) is 42.9 Å². The molecule has 0 unspecified atom stereocenters. The summed E-state index contributed by atoms with van der Waals surface area (Å²) in [5.74, 6) is 0. The summed E-state index contributed by atoms with van der Waals surface area (Å²) in [5, 5.41) is 28.7. The molecular weight excluding hydrogens is 741 g/mol. The summed E-state index contributed by atoms with van der Waals surface area (Å²) < 4.78 is 5.09. The number of likely N-dealkylation sites (N-methyl/N-ethyl adjacent to an activating group) is 1. The molecule has 0 radical (unpaired) electrons. The zero-order valence-electron chi connectivity index (χ0n) is 31.4. The lowest BCUT2D eigenvalue weighted by Crippen LogP contribution is -2.47. The summed E-state index contributed by atoms with van der Waals surface area (Å²) in [4.78, 5) is 13.9. The molecular formula is C41H50Cl3N9O. The lowest BCUT2D eigenvalue weighted by atomic mass is 10.2. The van der Waals surface area contributed by atoms with Crippen molar-refractivity contribution in [2.24, 2.45) is 0 Å². The zero-order valence-corrected chi connectivity index (χ0v) is 33.6. The minimum Gasteiger partial charge on any atom is -0.383 e. The van der Waals surface area contributed by atoms with Gasteiger partial charge in [0.05, 0.1) is 55.4 Å². The number of nitriles is 3. The molecule has 3 fully saturated rings. The number of benzene rings is 3. The predicted octanol–water partition coefficient (Wildman–Crippen LogP) is 6.85. The second-order valence-electron chi connectivity index (χ2n) is 13.1. The van der Waals surface area contributed by atoms with Crippen molar-refractivity contribution in [3.8, 4) is 18.2 Å². The number of hydrogen-bond acceptors (Lipinski definition) is 10. The Morgan fingerprint density at radius 2 is 0.944 bits per heavy atom. The smallest absolute Gasteiger partial charge is 0.101 e. The number of piperazine rings is 3. The number of anilines is 3. The first-order valence-electron chi connectivity index (χ1n) is 18.4. The Morgan fingerprint density at radius 3 is 1.26 bits per heavy atom. The van der Waals surface area contributed by atoms with E-state index in [1.807, 2.05) is 42.5 Å². The van der Waals surface area contributed by atoms with Crippen molar-refractivity contribution in [1.82, 2.24) is 14.7 Å². The third-order valence-corrected chi connectivity index (χ3v) is 11.1. The standard InChI is InChI=1S/C14H18ClN3O.C14H16ClN3.C13H16ClN3/c1-19-10-9-17-5-7-18(8-6-17)13-4-2-3-12(11-16)14(13)15;1-2-6-17-7-9-18(10-8-17)13-5-3-4-12(11-16)14(13)15;1-2-16-6-8-17(9-7-16)12-5-3-4-11(10-15)13(12)14/h2-4H,5-10H2,1H3;2-5H,1,6-10H2;3-5H,2,6-9H2,1H3. The highest BCUT2D eigenvalue weighted by atomic mass is 35.5. The van der Waals surface area contributed by atoms with Crippen LogP contribution >= 0.6 is 34.8 Å². The highest BCUT2D eigenvalue weighted by Gasteiger charge is 2.21. The van der Waals surface area contributed by atoms with Crippen LogP contribution in [0.25, 0.3) is 0 Å². The van der Waals surface area contributed by atoms with Gasteiger partial charge in [-0.1, -0.05) is 66.0 Å². The molecule has 3 aliphatic rings. The van der Waals surface area contributed by atoms with Crippen LogP contribution in [0.4, 0.5) is 17.1 Å². The van der Waals surface area contributed by atoms with Crippen molar-refractivity contribution in [3.05, 3.63) is 99.0 Å². The van der Waals surface area contributed by atoms with E-state index in [4.69, 9.17) is 55.3 Å². The van der Waals surface area contributed by atoms with Gasteiger partial charge in [0.25, 0.3) is 0 Å². The molecule has 0 N–H and O–H groups in total. The number of hydrogen-bond donors (Lipinski definition) is 0. The van der Waals surface area contributed by atoms with Crippen LogP contribution in [0.5, 0.6) is 0 Å². The average molecular weight is 791 g/mol. The van der Waals surface area contributed by atoms with Crippen molar-refractivity contribution in [1.29, 1.82) is 15.8 Å². The van der Waals surface area contributed by atoms with Gasteiger partial charge in [-0.25, -0.2) is 0 Å². The van der Waals surface area contributed by atoms with Crippen molar-refractivity contribution in [2.45, 2.75) is 6.92 Å². The average Bonchev–Trinajstić information content (AvgIpc) is 3.21. The van der Waals surface area contributed by atoms with Crippen molar-refractivity contribution in [2.75, 3.05) is 127 Å². The third-order valence-electron chi connectivity index (χ3n) is 9.88. The van der Waals surface area contributed by atoms with Crippen LogP contribution in [0.3, 0.4) is 0 Å². The normalized spacial score (nSPS) is 16.5. The van der Waals surface area contributed by atoms with Crippen LogP contribution in [0, 0.1) is 34.0 Å². The number of methoxy groups -OCH3 is 1. The van der Waals surface area contributed by atoms with Crippen LogP contribution in [-0.4, -0.2) is 127 Å². The van der Waals surface area contributed by atoms with E-state index < -0.39 is 0 Å². The molecule has 0 aromatic heterocycles. The Labute approximate surface area is 336 Å². The summed E-state index contributed by atoms with van der Waals surface area (Å²) in [6, 6.07) is 23.2. The van der Waals surface area contributed by atoms with E-state index in [0.29, 0.717) is 31.8 Å². The van der Waals surface area contributed by atoms with E-state index in [1.54, 1.807) is 25.3 Å². The zero-order chi connectivity index (χ0) is 38.9. The maximum Gasteiger partial charge on any atom is 0.101 e. The quantitative estimate of drug-likeness (QED) is 0.214. The number of rotatable bonds is 9. The minimum absolute atomic E-state index is 0.543. The molecule has 0 aliphatic carbocycles. The summed E-state index contributed by atoms with van der Waals surface area (Å²) in [6.45, 7) is 21.5. The van der Waals surface area contributed by atoms with Gasteiger partial charge in [-0.15, -0.1) is 6.58 Å². The fraction of sp³-hybridized carbons (Fsp3) is 0.439. The number of nitrogens with zero attached hydrogens (tertiary/aromatic N) is 9. The molecule has 13 heteroatoms. The van der Waals surface area contributed by atoms with Gasteiger partial charge in [-0.2, -0.15) is 15.8 Å². The van der Waals surface area contributed by atoms with Crippen molar-refractivity contribution in [3.63, 3.8) is 0 Å². The first-order valence-corrected chi connectivity index (χ1v) is 19.5.